The van der Waals surface area contributed by atoms with E-state index in [1.165, 1.54) is 57.8 Å². The fraction of sp³-hybridized carbons (Fsp3) is 0.886. The van der Waals surface area contributed by atoms with Crippen molar-refractivity contribution in [3.05, 3.63) is 11.6 Å². The van der Waals surface area contributed by atoms with Crippen LogP contribution >= 0.6 is 0 Å². The Balaban J connectivity index is 1.39. The predicted molar refractivity (Wildman–Crippen MR) is 166 cm³/mol. The minimum atomic E-state index is -0.510. The smallest absolute Gasteiger partial charge is 0.334 e. The molecule has 2 rings (SSSR count). The van der Waals surface area contributed by atoms with E-state index in [1.807, 2.05) is 13.0 Å². The largest absolute Gasteiger partial charge is 0.455 e. The summed E-state index contributed by atoms with van der Waals surface area (Å²) in [6.45, 7) is 4.14. The molecule has 5 atom stereocenters. The van der Waals surface area contributed by atoms with E-state index in [2.05, 4.69) is 6.92 Å². The van der Waals surface area contributed by atoms with E-state index >= 15 is 0 Å². The molecule has 6 heteroatoms. The molecule has 0 aliphatic carbocycles. The lowest BCUT2D eigenvalue weighted by Gasteiger charge is -2.22. The molecule has 6 nitrogen and oxygen atoms in total. The fourth-order valence-corrected chi connectivity index (χ4v) is 6.25. The van der Waals surface area contributed by atoms with Crippen molar-refractivity contribution in [2.45, 2.75) is 198 Å². The lowest BCUT2D eigenvalue weighted by atomic mass is 9.99. The van der Waals surface area contributed by atoms with Crippen LogP contribution in [0, 0.1) is 0 Å². The number of carbonyl (C=O) groups is 2. The van der Waals surface area contributed by atoms with Crippen molar-refractivity contribution in [3.8, 4) is 0 Å². The first kappa shape index (κ1) is 36.0. The SMILES string of the molecule is CCCCCCCCCCCC[C@H](O)[C@H]1CC[C@@H]([C@H](O)CCCCC(=O)CCCCCCCC2=C[C@H](C)OC2=O)O1. The Morgan fingerprint density at radius 3 is 1.76 bits per heavy atom. The van der Waals surface area contributed by atoms with Crippen LogP contribution in [0.2, 0.25) is 0 Å². The van der Waals surface area contributed by atoms with Gasteiger partial charge in [0.2, 0.25) is 0 Å². The van der Waals surface area contributed by atoms with Gasteiger partial charge in [-0.3, -0.25) is 4.79 Å². The molecule has 0 bridgehead atoms. The highest BCUT2D eigenvalue weighted by molar-refractivity contribution is 5.90. The molecule has 2 heterocycles. The first-order valence-corrected chi connectivity index (χ1v) is 17.4. The number of ether oxygens (including phenoxy) is 2. The summed E-state index contributed by atoms with van der Waals surface area (Å²) >= 11 is 0. The van der Waals surface area contributed by atoms with E-state index in [-0.39, 0.29) is 24.3 Å². The lowest BCUT2D eigenvalue weighted by molar-refractivity contribution is -0.139. The number of cyclic esters (lactones) is 1. The first-order chi connectivity index (χ1) is 19.9. The number of hydrogen-bond donors (Lipinski definition) is 2. The Kier molecular flexibility index (Phi) is 19.6. The summed E-state index contributed by atoms with van der Waals surface area (Å²) in [4.78, 5) is 23.8. The molecule has 2 aliphatic rings. The molecule has 0 aromatic rings. The molecular weight excluding hydrogens is 516 g/mol. The van der Waals surface area contributed by atoms with E-state index in [0.29, 0.717) is 25.0 Å². The number of aliphatic hydroxyl groups is 2. The summed E-state index contributed by atoms with van der Waals surface area (Å²) in [5, 5.41) is 21.2. The Morgan fingerprint density at radius 1 is 0.756 bits per heavy atom. The zero-order chi connectivity index (χ0) is 29.7. The van der Waals surface area contributed by atoms with Crippen LogP contribution in [0.5, 0.6) is 0 Å². The molecule has 0 aromatic heterocycles. The van der Waals surface area contributed by atoms with E-state index < -0.39 is 12.2 Å². The van der Waals surface area contributed by atoms with Crippen molar-refractivity contribution in [3.63, 3.8) is 0 Å². The number of esters is 1. The minimum Gasteiger partial charge on any atom is -0.455 e. The van der Waals surface area contributed by atoms with Crippen LogP contribution in [0.25, 0.3) is 0 Å². The van der Waals surface area contributed by atoms with Gasteiger partial charge < -0.3 is 19.7 Å². The van der Waals surface area contributed by atoms with E-state index in [1.54, 1.807) is 0 Å². The number of rotatable bonds is 26. The Bertz CT molecular complexity index is 734. The molecule has 41 heavy (non-hydrogen) atoms. The molecule has 0 amide bonds. The summed E-state index contributed by atoms with van der Waals surface area (Å²) in [7, 11) is 0. The summed E-state index contributed by atoms with van der Waals surface area (Å²) in [5.41, 5.74) is 0.814. The second-order valence-corrected chi connectivity index (χ2v) is 12.8. The highest BCUT2D eigenvalue weighted by atomic mass is 16.5. The maximum Gasteiger partial charge on any atom is 0.334 e. The van der Waals surface area contributed by atoms with Gasteiger partial charge in [-0.1, -0.05) is 96.8 Å². The number of unbranched alkanes of at least 4 members (excludes halogenated alkanes) is 14. The number of Topliss-reactive ketones (excluding diaryl/α,β-unsaturated/α-hetero) is 1. The average Bonchev–Trinajstić information content (AvgIpc) is 3.57. The van der Waals surface area contributed by atoms with Gasteiger partial charge in [-0.25, -0.2) is 4.79 Å². The number of hydrogen-bond acceptors (Lipinski definition) is 6. The van der Waals surface area contributed by atoms with Crippen LogP contribution < -0.4 is 0 Å². The van der Waals surface area contributed by atoms with Gasteiger partial charge in [0.05, 0.1) is 24.4 Å². The zero-order valence-electron chi connectivity index (χ0n) is 26.5. The predicted octanol–water partition coefficient (Wildman–Crippen LogP) is 8.30. The van der Waals surface area contributed by atoms with E-state index in [4.69, 9.17) is 9.47 Å². The van der Waals surface area contributed by atoms with Gasteiger partial charge in [0.25, 0.3) is 0 Å². The molecule has 238 valence electrons. The molecule has 2 aliphatic heterocycles. The van der Waals surface area contributed by atoms with Gasteiger partial charge in [0.1, 0.15) is 11.9 Å². The van der Waals surface area contributed by atoms with Crippen LogP contribution in [0.3, 0.4) is 0 Å². The maximum atomic E-state index is 12.2. The molecule has 0 unspecified atom stereocenters. The molecule has 0 spiro atoms. The second kappa shape index (κ2) is 22.3. The highest BCUT2D eigenvalue weighted by Crippen LogP contribution is 2.28. The van der Waals surface area contributed by atoms with Crippen molar-refractivity contribution in [1.82, 2.24) is 0 Å². The standard InChI is InChI=1S/C35H62O6/c1-3-4-5-6-7-8-9-10-14-17-23-31(37)33-25-26-34(41-33)32(38)24-19-18-22-30(36)21-16-13-11-12-15-20-29-27-28(2)40-35(29)39/h27-28,31-34,37-38H,3-26H2,1-2H3/t28-,31-,32+,33+,34-/m0/s1. The van der Waals surface area contributed by atoms with Crippen molar-refractivity contribution >= 4 is 11.8 Å². The monoisotopic (exact) mass is 578 g/mol. The van der Waals surface area contributed by atoms with Crippen LogP contribution in [-0.2, 0) is 19.1 Å². The van der Waals surface area contributed by atoms with Crippen LogP contribution in [0.1, 0.15) is 168 Å². The van der Waals surface area contributed by atoms with Crippen LogP contribution in [0.15, 0.2) is 11.6 Å². The summed E-state index contributed by atoms with van der Waals surface area (Å²) in [5.74, 6) is 0.156. The number of aliphatic hydroxyl groups excluding tert-OH is 2. The molecule has 0 radical (unpaired) electrons. The highest BCUT2D eigenvalue weighted by Gasteiger charge is 2.34. The number of ketones is 1. The van der Waals surface area contributed by atoms with Gasteiger partial charge in [0.15, 0.2) is 0 Å². The normalized spacial score (nSPS) is 22.1. The van der Waals surface area contributed by atoms with Crippen LogP contribution in [-0.4, -0.2) is 52.5 Å². The zero-order valence-corrected chi connectivity index (χ0v) is 26.5. The van der Waals surface area contributed by atoms with Gasteiger partial charge in [-0.15, -0.1) is 0 Å². The van der Waals surface area contributed by atoms with E-state index in [9.17, 15) is 19.8 Å². The summed E-state index contributed by atoms with van der Waals surface area (Å²) in [6, 6.07) is 0. The first-order valence-electron chi connectivity index (χ1n) is 17.4. The van der Waals surface area contributed by atoms with Gasteiger partial charge in [-0.05, 0) is 64.4 Å². The second-order valence-electron chi connectivity index (χ2n) is 12.8. The summed E-state index contributed by atoms with van der Waals surface area (Å²) < 4.78 is 11.2. The van der Waals surface area contributed by atoms with Crippen molar-refractivity contribution in [2.75, 3.05) is 0 Å². The molecule has 2 N–H and O–H groups in total. The lowest BCUT2D eigenvalue weighted by Crippen LogP contribution is -2.31. The maximum absolute atomic E-state index is 12.2. The molecule has 1 saturated heterocycles. The number of carbonyl (C=O) groups excluding carboxylic acids is 2. The van der Waals surface area contributed by atoms with Crippen molar-refractivity contribution in [1.29, 1.82) is 0 Å². The molecule has 0 aromatic carbocycles. The van der Waals surface area contributed by atoms with Crippen molar-refractivity contribution in [2.24, 2.45) is 0 Å². The van der Waals surface area contributed by atoms with Crippen molar-refractivity contribution < 1.29 is 29.3 Å². The van der Waals surface area contributed by atoms with Gasteiger partial charge in [0, 0.05) is 18.4 Å². The van der Waals surface area contributed by atoms with Gasteiger partial charge in [-0.2, -0.15) is 0 Å². The molecular formula is C35H62O6. The minimum absolute atomic E-state index is 0.0851. The topological polar surface area (TPSA) is 93.1 Å². The third kappa shape index (κ3) is 16.3. The molecule has 0 saturated carbocycles. The Labute approximate surface area is 251 Å². The van der Waals surface area contributed by atoms with E-state index in [0.717, 1.165) is 82.6 Å². The van der Waals surface area contributed by atoms with Crippen LogP contribution in [0.4, 0.5) is 0 Å². The Hall–Kier alpha value is -1.24. The molecule has 1 fully saturated rings. The fourth-order valence-electron chi connectivity index (χ4n) is 6.25. The third-order valence-corrected chi connectivity index (χ3v) is 8.90. The average molecular weight is 579 g/mol. The third-order valence-electron chi connectivity index (χ3n) is 8.90. The quantitative estimate of drug-likeness (QED) is 0.0792. The Morgan fingerprint density at radius 2 is 1.22 bits per heavy atom. The van der Waals surface area contributed by atoms with Gasteiger partial charge >= 0.3 is 5.97 Å². The summed E-state index contributed by atoms with van der Waals surface area (Å²) in [6.07, 6.45) is 25.4.